The second-order valence-electron chi connectivity index (χ2n) is 4.46. The van der Waals surface area contributed by atoms with Crippen molar-refractivity contribution >= 4 is 28.3 Å². The summed E-state index contributed by atoms with van der Waals surface area (Å²) >= 11 is 1.81. The second kappa shape index (κ2) is 6.45. The maximum atomic E-state index is 4.79. The van der Waals surface area contributed by atoms with Crippen LogP contribution in [0.25, 0.3) is 11.3 Å². The molecule has 0 radical (unpaired) electrons. The molecule has 0 spiro atoms. The van der Waals surface area contributed by atoms with Crippen molar-refractivity contribution in [3.63, 3.8) is 0 Å². The van der Waals surface area contributed by atoms with Crippen LogP contribution < -0.4 is 5.32 Å². The van der Waals surface area contributed by atoms with Crippen LogP contribution in [0.5, 0.6) is 0 Å². The monoisotopic (exact) mass is 324 g/mol. The predicted octanol–water partition coefficient (Wildman–Crippen LogP) is 3.86. The zero-order valence-electron chi connectivity index (χ0n) is 10.1. The zero-order chi connectivity index (χ0) is 11.5. The fourth-order valence-corrected chi connectivity index (χ4v) is 3.29. The van der Waals surface area contributed by atoms with Crippen LogP contribution in [-0.4, -0.2) is 18.1 Å². The first-order valence-corrected chi connectivity index (χ1v) is 7.03. The van der Waals surface area contributed by atoms with Gasteiger partial charge in [0.25, 0.3) is 0 Å². The third kappa shape index (κ3) is 2.99. The number of hydrogen-bond acceptors (Lipinski definition) is 3. The van der Waals surface area contributed by atoms with Crippen LogP contribution in [0.1, 0.15) is 23.8 Å². The minimum Gasteiger partial charge on any atom is -0.317 e. The van der Waals surface area contributed by atoms with Crippen molar-refractivity contribution in [2.75, 3.05) is 13.1 Å². The fraction of sp³-hybridized carbons (Fsp3) is 0.357. The van der Waals surface area contributed by atoms with Gasteiger partial charge in [-0.05, 0) is 25.9 Å². The Morgan fingerprint density at radius 3 is 2.56 bits per heavy atom. The van der Waals surface area contributed by atoms with Crippen molar-refractivity contribution in [3.05, 3.63) is 40.7 Å². The molecule has 2 heterocycles. The summed E-state index contributed by atoms with van der Waals surface area (Å²) in [5.41, 5.74) is 2.35. The predicted molar refractivity (Wildman–Crippen MR) is 82.7 cm³/mol. The quantitative estimate of drug-likeness (QED) is 0.907. The Labute approximate surface area is 122 Å². The molecule has 2 nitrogen and oxygen atoms in total. The van der Waals surface area contributed by atoms with Gasteiger partial charge in [-0.2, -0.15) is 0 Å². The normalized spacial score (nSPS) is 16.2. The highest BCUT2D eigenvalue weighted by Gasteiger charge is 2.18. The fourth-order valence-electron chi connectivity index (χ4n) is 2.29. The Balaban J connectivity index is 0.00000120. The molecule has 0 amide bonds. The van der Waals surface area contributed by atoms with Gasteiger partial charge in [-0.25, -0.2) is 4.98 Å². The van der Waals surface area contributed by atoms with Crippen LogP contribution in [0, 0.1) is 0 Å². The summed E-state index contributed by atoms with van der Waals surface area (Å²) in [6.45, 7) is 2.26. The van der Waals surface area contributed by atoms with Crippen molar-refractivity contribution < 1.29 is 0 Å². The van der Waals surface area contributed by atoms with Crippen molar-refractivity contribution in [2.45, 2.75) is 18.8 Å². The number of piperidine rings is 1. The average Bonchev–Trinajstić information content (AvgIpc) is 2.90. The third-order valence-corrected chi connectivity index (χ3v) is 4.29. The molecule has 1 fully saturated rings. The van der Waals surface area contributed by atoms with Gasteiger partial charge in [0.15, 0.2) is 0 Å². The topological polar surface area (TPSA) is 24.9 Å². The number of rotatable bonds is 2. The van der Waals surface area contributed by atoms with Crippen LogP contribution >= 0.6 is 28.3 Å². The lowest BCUT2D eigenvalue weighted by Gasteiger charge is -2.20. The Kier molecular flexibility index (Phi) is 4.92. The van der Waals surface area contributed by atoms with E-state index in [1.165, 1.54) is 23.4 Å². The molecule has 18 heavy (non-hydrogen) atoms. The zero-order valence-corrected chi connectivity index (χ0v) is 12.7. The molecule has 0 unspecified atom stereocenters. The van der Waals surface area contributed by atoms with Crippen molar-refractivity contribution in [1.82, 2.24) is 10.3 Å². The van der Waals surface area contributed by atoms with Gasteiger partial charge in [-0.3, -0.25) is 0 Å². The van der Waals surface area contributed by atoms with E-state index < -0.39 is 0 Å². The minimum absolute atomic E-state index is 0. The lowest BCUT2D eigenvalue weighted by atomic mass is 9.99. The van der Waals surface area contributed by atoms with Crippen LogP contribution in [0.2, 0.25) is 0 Å². The molecule has 0 saturated carbocycles. The van der Waals surface area contributed by atoms with E-state index in [0.29, 0.717) is 5.92 Å². The number of hydrogen-bond donors (Lipinski definition) is 1. The lowest BCUT2D eigenvalue weighted by Crippen LogP contribution is -2.26. The van der Waals surface area contributed by atoms with E-state index in [1.807, 2.05) is 17.4 Å². The SMILES string of the molecule is Br.c1ccc(-c2csc(C3CCNCC3)n2)cc1. The largest absolute Gasteiger partial charge is 0.317 e. The molecule has 0 bridgehead atoms. The van der Waals surface area contributed by atoms with E-state index in [1.54, 1.807) is 0 Å². The molecule has 3 rings (SSSR count). The summed E-state index contributed by atoms with van der Waals surface area (Å²) in [5.74, 6) is 0.665. The molecular weight excluding hydrogens is 308 g/mol. The van der Waals surface area contributed by atoms with Gasteiger partial charge in [0.05, 0.1) is 10.7 Å². The number of thiazole rings is 1. The van der Waals surface area contributed by atoms with Crippen LogP contribution in [0.4, 0.5) is 0 Å². The number of nitrogens with zero attached hydrogens (tertiary/aromatic N) is 1. The molecule has 1 N–H and O–H groups in total. The Bertz CT molecular complexity index is 478. The summed E-state index contributed by atoms with van der Waals surface area (Å²) in [6.07, 6.45) is 2.45. The van der Waals surface area contributed by atoms with Gasteiger partial charge in [0.1, 0.15) is 0 Å². The van der Waals surface area contributed by atoms with Crippen LogP contribution in [-0.2, 0) is 0 Å². The van der Waals surface area contributed by atoms with Crippen molar-refractivity contribution in [3.8, 4) is 11.3 Å². The summed E-state index contributed by atoms with van der Waals surface area (Å²) < 4.78 is 0. The van der Waals surface area contributed by atoms with Gasteiger partial charge in [-0.1, -0.05) is 30.3 Å². The molecule has 2 aromatic rings. The number of nitrogens with one attached hydrogen (secondary N) is 1. The molecule has 1 aliphatic rings. The first-order valence-electron chi connectivity index (χ1n) is 6.15. The van der Waals surface area contributed by atoms with Gasteiger partial charge in [-0.15, -0.1) is 28.3 Å². The smallest absolute Gasteiger partial charge is 0.0964 e. The van der Waals surface area contributed by atoms with Gasteiger partial charge >= 0.3 is 0 Å². The number of aromatic nitrogens is 1. The average molecular weight is 325 g/mol. The first kappa shape index (κ1) is 13.7. The molecule has 1 aliphatic heterocycles. The summed E-state index contributed by atoms with van der Waals surface area (Å²) in [5, 5.41) is 6.90. The molecule has 1 saturated heterocycles. The Morgan fingerprint density at radius 2 is 1.83 bits per heavy atom. The highest BCUT2D eigenvalue weighted by atomic mass is 79.9. The number of benzene rings is 1. The third-order valence-electron chi connectivity index (χ3n) is 3.28. The molecule has 1 aromatic heterocycles. The minimum atomic E-state index is 0. The van der Waals surface area contributed by atoms with E-state index >= 15 is 0 Å². The van der Waals surface area contributed by atoms with Crippen LogP contribution in [0.3, 0.4) is 0 Å². The molecule has 96 valence electrons. The molecule has 0 aliphatic carbocycles. The van der Waals surface area contributed by atoms with E-state index in [2.05, 4.69) is 35.0 Å². The molecule has 4 heteroatoms. The van der Waals surface area contributed by atoms with Gasteiger partial charge in [0, 0.05) is 16.9 Å². The van der Waals surface area contributed by atoms with E-state index in [-0.39, 0.29) is 17.0 Å². The maximum Gasteiger partial charge on any atom is 0.0964 e. The Morgan fingerprint density at radius 1 is 1.11 bits per heavy atom. The molecule has 1 aromatic carbocycles. The highest BCUT2D eigenvalue weighted by Crippen LogP contribution is 2.30. The van der Waals surface area contributed by atoms with E-state index in [9.17, 15) is 0 Å². The van der Waals surface area contributed by atoms with Gasteiger partial charge in [0.2, 0.25) is 0 Å². The maximum absolute atomic E-state index is 4.79. The molecule has 0 atom stereocenters. The summed E-state index contributed by atoms with van der Waals surface area (Å²) in [6, 6.07) is 10.4. The van der Waals surface area contributed by atoms with Crippen molar-refractivity contribution in [2.24, 2.45) is 0 Å². The number of halogens is 1. The first-order chi connectivity index (χ1) is 8.43. The lowest BCUT2D eigenvalue weighted by molar-refractivity contribution is 0.459. The Hall–Kier alpha value is -0.710. The van der Waals surface area contributed by atoms with Crippen molar-refractivity contribution in [1.29, 1.82) is 0 Å². The second-order valence-corrected chi connectivity index (χ2v) is 5.35. The molecular formula is C14H17BrN2S. The van der Waals surface area contributed by atoms with Gasteiger partial charge < -0.3 is 5.32 Å². The standard InChI is InChI=1S/C14H16N2S.BrH/c1-2-4-11(5-3-1)13-10-17-14(16-13)12-6-8-15-9-7-12;/h1-5,10,12,15H,6-9H2;1H. The van der Waals surface area contributed by atoms with Crippen LogP contribution in [0.15, 0.2) is 35.7 Å². The summed E-state index contributed by atoms with van der Waals surface area (Å²) in [4.78, 5) is 4.79. The van der Waals surface area contributed by atoms with E-state index in [0.717, 1.165) is 18.8 Å². The highest BCUT2D eigenvalue weighted by molar-refractivity contribution is 8.93. The van der Waals surface area contributed by atoms with E-state index in [4.69, 9.17) is 4.98 Å². The summed E-state index contributed by atoms with van der Waals surface area (Å²) in [7, 11) is 0.